The Labute approximate surface area is 104 Å². The molecule has 8 N–H and O–H groups in total. The van der Waals surface area contributed by atoms with Crippen molar-refractivity contribution in [3.8, 4) is 0 Å². The fourth-order valence-electron chi connectivity index (χ4n) is 4.51. The van der Waals surface area contributed by atoms with E-state index in [1.807, 2.05) is 0 Å². The van der Waals surface area contributed by atoms with Crippen molar-refractivity contribution in [3.63, 3.8) is 0 Å². The maximum Gasteiger partial charge on any atom is 0.0671 e. The molecule has 100 valence electrons. The monoisotopic (exact) mass is 240 g/mol. The lowest BCUT2D eigenvalue weighted by Crippen LogP contribution is -2.53. The standard InChI is InChI=1S/C13H28N4/c1-7-9(3)12(14,15)5-11(7)6-13(16,17)10(4)8(11)2/h7-10H,5-6,14-17H2,1-4H3/t7-,8-,9+,10+,11?/m1/s1. The molecule has 0 radical (unpaired) electrons. The van der Waals surface area contributed by atoms with Crippen LogP contribution >= 0.6 is 0 Å². The van der Waals surface area contributed by atoms with Crippen LogP contribution in [-0.4, -0.2) is 11.3 Å². The van der Waals surface area contributed by atoms with Gasteiger partial charge in [-0.25, -0.2) is 0 Å². The first-order valence-electron chi connectivity index (χ1n) is 6.70. The maximum absolute atomic E-state index is 6.26. The molecule has 4 heteroatoms. The number of nitrogens with two attached hydrogens (primary N) is 4. The Morgan fingerprint density at radius 3 is 1.12 bits per heavy atom. The fourth-order valence-corrected chi connectivity index (χ4v) is 4.51. The van der Waals surface area contributed by atoms with Gasteiger partial charge in [0.2, 0.25) is 0 Å². The van der Waals surface area contributed by atoms with E-state index in [1.54, 1.807) is 0 Å². The number of rotatable bonds is 0. The average molecular weight is 240 g/mol. The summed E-state index contributed by atoms with van der Waals surface area (Å²) in [5.74, 6) is 1.57. The van der Waals surface area contributed by atoms with Crippen molar-refractivity contribution in [1.29, 1.82) is 0 Å². The van der Waals surface area contributed by atoms with Gasteiger partial charge in [0, 0.05) is 0 Å². The summed E-state index contributed by atoms with van der Waals surface area (Å²) >= 11 is 0. The van der Waals surface area contributed by atoms with Crippen LogP contribution in [0.25, 0.3) is 0 Å². The molecule has 2 fully saturated rings. The topological polar surface area (TPSA) is 104 Å². The van der Waals surface area contributed by atoms with E-state index in [9.17, 15) is 0 Å². The summed E-state index contributed by atoms with van der Waals surface area (Å²) in [6.45, 7) is 8.83. The number of hydrogen-bond acceptors (Lipinski definition) is 4. The highest BCUT2D eigenvalue weighted by atomic mass is 15.0. The molecule has 0 unspecified atom stereocenters. The quantitative estimate of drug-likeness (QED) is 0.464. The molecule has 2 rings (SSSR count). The molecular weight excluding hydrogens is 212 g/mol. The second-order valence-electron chi connectivity index (χ2n) is 6.97. The molecule has 0 aromatic carbocycles. The van der Waals surface area contributed by atoms with Gasteiger partial charge in [-0.2, -0.15) is 0 Å². The lowest BCUT2D eigenvalue weighted by atomic mass is 9.69. The van der Waals surface area contributed by atoms with Crippen LogP contribution in [0, 0.1) is 29.1 Å². The smallest absolute Gasteiger partial charge is 0.0671 e. The summed E-state index contributed by atoms with van der Waals surface area (Å²) in [4.78, 5) is 0. The maximum atomic E-state index is 6.26. The minimum absolute atomic E-state index is 0.117. The van der Waals surface area contributed by atoms with Gasteiger partial charge in [0.1, 0.15) is 0 Å². The highest BCUT2D eigenvalue weighted by Gasteiger charge is 2.64. The van der Waals surface area contributed by atoms with Gasteiger partial charge in [0.15, 0.2) is 0 Å². The molecule has 0 heterocycles. The minimum Gasteiger partial charge on any atom is -0.313 e. The summed E-state index contributed by atoms with van der Waals surface area (Å²) in [7, 11) is 0. The normalized spacial score (nSPS) is 46.6. The van der Waals surface area contributed by atoms with E-state index >= 15 is 0 Å². The molecular formula is C13H28N4. The lowest BCUT2D eigenvalue weighted by molar-refractivity contribution is 0.123. The van der Waals surface area contributed by atoms with Crippen LogP contribution in [-0.2, 0) is 0 Å². The Bertz CT molecular complexity index is 291. The summed E-state index contributed by atoms with van der Waals surface area (Å²) in [5.41, 5.74) is 24.0. The van der Waals surface area contributed by atoms with Crippen molar-refractivity contribution in [2.24, 2.45) is 52.0 Å². The van der Waals surface area contributed by atoms with E-state index < -0.39 is 11.3 Å². The van der Waals surface area contributed by atoms with Gasteiger partial charge in [-0.3, -0.25) is 0 Å². The van der Waals surface area contributed by atoms with Gasteiger partial charge in [-0.05, 0) is 41.9 Å². The molecule has 2 aliphatic rings. The van der Waals surface area contributed by atoms with Crippen molar-refractivity contribution in [2.45, 2.75) is 51.9 Å². The third-order valence-corrected chi connectivity index (χ3v) is 6.28. The van der Waals surface area contributed by atoms with Gasteiger partial charge in [-0.15, -0.1) is 0 Å². The van der Waals surface area contributed by atoms with Crippen molar-refractivity contribution in [1.82, 2.24) is 0 Å². The van der Waals surface area contributed by atoms with Crippen molar-refractivity contribution >= 4 is 0 Å². The second kappa shape index (κ2) is 3.44. The molecule has 4 atom stereocenters. The summed E-state index contributed by atoms with van der Waals surface area (Å²) in [6, 6.07) is 0. The Morgan fingerprint density at radius 2 is 0.941 bits per heavy atom. The predicted octanol–water partition coefficient (Wildman–Crippen LogP) is 0.552. The van der Waals surface area contributed by atoms with Crippen LogP contribution in [0.5, 0.6) is 0 Å². The Kier molecular flexibility index (Phi) is 2.69. The molecule has 0 aromatic heterocycles. The van der Waals surface area contributed by atoms with Crippen molar-refractivity contribution in [2.75, 3.05) is 0 Å². The van der Waals surface area contributed by atoms with Crippen LogP contribution in [0.4, 0.5) is 0 Å². The van der Waals surface area contributed by atoms with E-state index in [0.29, 0.717) is 23.7 Å². The zero-order chi connectivity index (χ0) is 13.2. The van der Waals surface area contributed by atoms with E-state index in [2.05, 4.69) is 27.7 Å². The Hall–Kier alpha value is -0.160. The van der Waals surface area contributed by atoms with E-state index in [1.165, 1.54) is 0 Å². The van der Waals surface area contributed by atoms with Crippen molar-refractivity contribution < 1.29 is 0 Å². The molecule has 0 aromatic rings. The molecule has 0 bridgehead atoms. The molecule has 4 nitrogen and oxygen atoms in total. The molecule has 2 saturated carbocycles. The van der Waals surface area contributed by atoms with E-state index in [0.717, 1.165) is 12.8 Å². The SMILES string of the molecule is C[C@@H]1[C@H](C)C(N)(N)CC12CC(N)(N)[C@@H](C)[C@H]2C. The average Bonchev–Trinajstić information content (AvgIpc) is 2.47. The third-order valence-electron chi connectivity index (χ3n) is 6.28. The van der Waals surface area contributed by atoms with E-state index in [4.69, 9.17) is 22.9 Å². The van der Waals surface area contributed by atoms with Crippen LogP contribution in [0.15, 0.2) is 0 Å². The highest BCUT2D eigenvalue weighted by Crippen LogP contribution is 2.63. The van der Waals surface area contributed by atoms with Crippen molar-refractivity contribution in [3.05, 3.63) is 0 Å². The summed E-state index contributed by atoms with van der Waals surface area (Å²) in [5, 5.41) is 0. The van der Waals surface area contributed by atoms with Gasteiger partial charge in [0.05, 0.1) is 11.3 Å². The zero-order valence-electron chi connectivity index (χ0n) is 11.5. The first kappa shape index (κ1) is 13.3. The molecule has 2 aliphatic carbocycles. The molecule has 17 heavy (non-hydrogen) atoms. The second-order valence-corrected chi connectivity index (χ2v) is 6.97. The first-order valence-corrected chi connectivity index (χ1v) is 6.70. The summed E-state index contributed by atoms with van der Waals surface area (Å²) in [6.07, 6.45) is 1.67. The summed E-state index contributed by atoms with van der Waals surface area (Å²) < 4.78 is 0. The highest BCUT2D eigenvalue weighted by molar-refractivity contribution is 5.15. The minimum atomic E-state index is -0.576. The lowest BCUT2D eigenvalue weighted by Gasteiger charge is -2.35. The Balaban J connectivity index is 2.40. The number of hydrogen-bond donors (Lipinski definition) is 4. The molecule has 0 saturated heterocycles. The molecule has 0 aliphatic heterocycles. The predicted molar refractivity (Wildman–Crippen MR) is 70.5 cm³/mol. The zero-order valence-corrected chi connectivity index (χ0v) is 11.5. The fraction of sp³-hybridized carbons (Fsp3) is 1.00. The van der Waals surface area contributed by atoms with Crippen LogP contribution in [0.2, 0.25) is 0 Å². The molecule has 0 amide bonds. The third kappa shape index (κ3) is 1.58. The molecule has 1 spiro atoms. The van der Waals surface area contributed by atoms with E-state index in [-0.39, 0.29) is 5.41 Å². The van der Waals surface area contributed by atoms with Crippen LogP contribution in [0.3, 0.4) is 0 Å². The van der Waals surface area contributed by atoms with Crippen LogP contribution in [0.1, 0.15) is 40.5 Å². The van der Waals surface area contributed by atoms with Gasteiger partial charge < -0.3 is 22.9 Å². The van der Waals surface area contributed by atoms with Crippen LogP contribution < -0.4 is 22.9 Å². The van der Waals surface area contributed by atoms with Gasteiger partial charge >= 0.3 is 0 Å². The first-order chi connectivity index (χ1) is 7.54. The van der Waals surface area contributed by atoms with Gasteiger partial charge in [-0.1, -0.05) is 27.7 Å². The Morgan fingerprint density at radius 1 is 0.647 bits per heavy atom. The largest absolute Gasteiger partial charge is 0.313 e. The van der Waals surface area contributed by atoms with Gasteiger partial charge in [0.25, 0.3) is 0 Å².